The van der Waals surface area contributed by atoms with Crippen molar-refractivity contribution < 1.29 is 18.3 Å². The molecule has 0 heterocycles. The second kappa shape index (κ2) is 6.58. The van der Waals surface area contributed by atoms with Crippen molar-refractivity contribution in [3.8, 4) is 0 Å². The van der Waals surface area contributed by atoms with Gasteiger partial charge >= 0.3 is 5.97 Å². The molecule has 5 nitrogen and oxygen atoms in total. The monoisotopic (exact) mass is 313 g/mol. The molecule has 0 saturated heterocycles. The van der Waals surface area contributed by atoms with Crippen LogP contribution in [-0.2, 0) is 21.2 Å². The number of hydrogen-bond acceptors (Lipinski definition) is 3. The third-order valence-corrected chi connectivity index (χ3v) is 5.09. The van der Waals surface area contributed by atoms with E-state index in [0.29, 0.717) is 12.1 Å². The molecule has 0 radical (unpaired) electrons. The summed E-state index contributed by atoms with van der Waals surface area (Å²) in [5.41, 5.74) is 0.595. The lowest BCUT2D eigenvalue weighted by Crippen LogP contribution is -2.33. The average Bonchev–Trinajstić information content (AvgIpc) is 2.34. The van der Waals surface area contributed by atoms with Gasteiger partial charge in [-0.3, -0.25) is 4.79 Å². The van der Waals surface area contributed by atoms with Crippen molar-refractivity contribution in [2.75, 3.05) is 6.54 Å². The summed E-state index contributed by atoms with van der Waals surface area (Å²) in [5.74, 6) is -0.749. The van der Waals surface area contributed by atoms with Gasteiger partial charge in [0.05, 0.1) is 11.3 Å². The zero-order chi connectivity index (χ0) is 16.3. The van der Waals surface area contributed by atoms with Crippen LogP contribution in [0.3, 0.4) is 0 Å². The first-order chi connectivity index (χ1) is 9.52. The summed E-state index contributed by atoms with van der Waals surface area (Å²) in [6.45, 7) is 8.55. The molecule has 0 aliphatic heterocycles. The Morgan fingerprint density at radius 2 is 1.76 bits per heavy atom. The Morgan fingerprint density at radius 3 is 2.19 bits per heavy atom. The first-order valence-electron chi connectivity index (χ1n) is 6.83. The minimum Gasteiger partial charge on any atom is -0.481 e. The maximum absolute atomic E-state index is 12.2. The number of nitrogens with one attached hydrogen (secondary N) is 1. The number of carboxylic acids is 1. The number of benzene rings is 1. The van der Waals surface area contributed by atoms with Gasteiger partial charge in [0.25, 0.3) is 0 Å². The zero-order valence-corrected chi connectivity index (χ0v) is 13.7. The Hall–Kier alpha value is -1.40. The van der Waals surface area contributed by atoms with Gasteiger partial charge in [-0.15, -0.1) is 0 Å². The predicted molar refractivity (Wildman–Crippen MR) is 81.6 cm³/mol. The van der Waals surface area contributed by atoms with Crippen LogP contribution in [0.1, 0.15) is 33.3 Å². The molecule has 0 amide bonds. The molecule has 2 N–H and O–H groups in total. The Kier molecular flexibility index (Phi) is 5.53. The molecule has 1 aromatic carbocycles. The van der Waals surface area contributed by atoms with Crippen LogP contribution in [0.2, 0.25) is 0 Å². The van der Waals surface area contributed by atoms with E-state index >= 15 is 0 Å². The number of carbonyl (C=O) groups is 1. The molecule has 0 aliphatic rings. The number of rotatable bonds is 6. The zero-order valence-electron chi connectivity index (χ0n) is 12.9. The average molecular weight is 313 g/mol. The van der Waals surface area contributed by atoms with Crippen LogP contribution in [0, 0.1) is 11.3 Å². The number of carboxylic acid groups (broad SMARTS) is 1. The van der Waals surface area contributed by atoms with Gasteiger partial charge in [-0.1, -0.05) is 39.8 Å². The van der Waals surface area contributed by atoms with Crippen LogP contribution < -0.4 is 4.72 Å². The molecule has 118 valence electrons. The third kappa shape index (κ3) is 5.47. The third-order valence-electron chi connectivity index (χ3n) is 3.65. The smallest absolute Gasteiger partial charge is 0.307 e. The van der Waals surface area contributed by atoms with Gasteiger partial charge in [0.1, 0.15) is 0 Å². The quantitative estimate of drug-likeness (QED) is 0.844. The molecule has 21 heavy (non-hydrogen) atoms. The van der Waals surface area contributed by atoms with Crippen LogP contribution in [0.5, 0.6) is 0 Å². The summed E-state index contributed by atoms with van der Waals surface area (Å²) < 4.78 is 26.9. The van der Waals surface area contributed by atoms with Crippen molar-refractivity contribution in [2.45, 2.75) is 39.0 Å². The summed E-state index contributed by atoms with van der Waals surface area (Å²) >= 11 is 0. The maximum Gasteiger partial charge on any atom is 0.307 e. The fourth-order valence-electron chi connectivity index (χ4n) is 1.59. The lowest BCUT2D eigenvalue weighted by molar-refractivity contribution is -0.136. The molecule has 1 rings (SSSR count). The van der Waals surface area contributed by atoms with E-state index in [9.17, 15) is 13.2 Å². The van der Waals surface area contributed by atoms with Crippen molar-refractivity contribution in [1.29, 1.82) is 0 Å². The number of aliphatic carboxylic acids is 1. The van der Waals surface area contributed by atoms with Crippen molar-refractivity contribution in [3.05, 3.63) is 29.8 Å². The van der Waals surface area contributed by atoms with Gasteiger partial charge in [0.2, 0.25) is 10.0 Å². The molecule has 0 spiro atoms. The molecule has 0 aliphatic carbocycles. The molecule has 1 atom stereocenters. The lowest BCUT2D eigenvalue weighted by Gasteiger charge is -2.27. The van der Waals surface area contributed by atoms with Crippen molar-refractivity contribution in [2.24, 2.45) is 11.3 Å². The molecule has 0 bridgehead atoms. The molecule has 0 saturated carbocycles. The molecular weight excluding hydrogens is 290 g/mol. The van der Waals surface area contributed by atoms with Crippen molar-refractivity contribution in [1.82, 2.24) is 4.72 Å². The van der Waals surface area contributed by atoms with E-state index in [1.807, 2.05) is 6.92 Å². The molecule has 1 unspecified atom stereocenters. The Balaban J connectivity index is 2.77. The van der Waals surface area contributed by atoms with Gasteiger partial charge in [0, 0.05) is 6.54 Å². The first kappa shape index (κ1) is 17.7. The van der Waals surface area contributed by atoms with Crippen molar-refractivity contribution >= 4 is 16.0 Å². The minimum absolute atomic E-state index is 0.0217. The van der Waals surface area contributed by atoms with Gasteiger partial charge in [0.15, 0.2) is 0 Å². The highest BCUT2D eigenvalue weighted by atomic mass is 32.2. The van der Waals surface area contributed by atoms with Gasteiger partial charge in [-0.2, -0.15) is 0 Å². The van der Waals surface area contributed by atoms with E-state index in [-0.39, 0.29) is 22.6 Å². The maximum atomic E-state index is 12.2. The molecule has 1 aromatic rings. The van der Waals surface area contributed by atoms with Gasteiger partial charge < -0.3 is 5.11 Å². The van der Waals surface area contributed by atoms with Crippen molar-refractivity contribution in [3.63, 3.8) is 0 Å². The Bertz CT molecular complexity index is 585. The first-order valence-corrected chi connectivity index (χ1v) is 8.31. The Labute approximate surface area is 126 Å². The predicted octanol–water partition coefficient (Wildman–Crippen LogP) is 2.27. The van der Waals surface area contributed by atoms with E-state index in [1.54, 1.807) is 0 Å². The highest BCUT2D eigenvalue weighted by Crippen LogP contribution is 2.24. The van der Waals surface area contributed by atoms with Gasteiger partial charge in [-0.05, 0) is 29.0 Å². The number of sulfonamides is 1. The Morgan fingerprint density at radius 1 is 1.24 bits per heavy atom. The second-order valence-electron chi connectivity index (χ2n) is 6.33. The van der Waals surface area contributed by atoms with E-state index in [0.717, 1.165) is 0 Å². The summed E-state index contributed by atoms with van der Waals surface area (Å²) in [4.78, 5) is 10.7. The summed E-state index contributed by atoms with van der Waals surface area (Å²) in [7, 11) is -3.56. The lowest BCUT2D eigenvalue weighted by atomic mass is 9.82. The van der Waals surface area contributed by atoms with Gasteiger partial charge in [-0.25, -0.2) is 13.1 Å². The van der Waals surface area contributed by atoms with E-state index < -0.39 is 16.0 Å². The normalized spacial score (nSPS) is 13.9. The van der Waals surface area contributed by atoms with E-state index in [2.05, 4.69) is 25.5 Å². The molecule has 0 fully saturated rings. The van der Waals surface area contributed by atoms with Crippen LogP contribution in [0.15, 0.2) is 29.2 Å². The summed E-state index contributed by atoms with van der Waals surface area (Å²) in [5, 5.41) is 8.69. The van der Waals surface area contributed by atoms with Crippen LogP contribution in [0.25, 0.3) is 0 Å². The van der Waals surface area contributed by atoms with Crippen LogP contribution >= 0.6 is 0 Å². The standard InChI is InChI=1S/C15H23NO4S/c1-11(15(2,3)4)10-16-21(19,20)13-7-5-12(6-8-13)9-14(17)18/h5-8,11,16H,9-10H2,1-4H3,(H,17,18). The molecule has 0 aromatic heterocycles. The number of hydrogen-bond donors (Lipinski definition) is 2. The molecule has 6 heteroatoms. The SMILES string of the molecule is CC(CNS(=O)(=O)c1ccc(CC(=O)O)cc1)C(C)(C)C. The summed E-state index contributed by atoms with van der Waals surface area (Å²) in [6, 6.07) is 5.91. The van der Waals surface area contributed by atoms with E-state index in [1.165, 1.54) is 24.3 Å². The minimum atomic E-state index is -3.56. The van der Waals surface area contributed by atoms with Crippen LogP contribution in [0.4, 0.5) is 0 Å². The topological polar surface area (TPSA) is 83.5 Å². The molecular formula is C15H23NO4S. The second-order valence-corrected chi connectivity index (χ2v) is 8.10. The highest BCUT2D eigenvalue weighted by Gasteiger charge is 2.22. The fourth-order valence-corrected chi connectivity index (χ4v) is 2.72. The summed E-state index contributed by atoms with van der Waals surface area (Å²) in [6.07, 6.45) is -0.116. The van der Waals surface area contributed by atoms with E-state index in [4.69, 9.17) is 5.11 Å². The largest absolute Gasteiger partial charge is 0.481 e. The fraction of sp³-hybridized carbons (Fsp3) is 0.533. The highest BCUT2D eigenvalue weighted by molar-refractivity contribution is 7.89. The van der Waals surface area contributed by atoms with Crippen LogP contribution in [-0.4, -0.2) is 26.0 Å².